The van der Waals surface area contributed by atoms with E-state index in [2.05, 4.69) is 20.8 Å². The zero-order valence-corrected chi connectivity index (χ0v) is 12.7. The third-order valence-corrected chi connectivity index (χ3v) is 7.16. The molecule has 108 valence electrons. The second-order valence-corrected chi connectivity index (χ2v) is 8.03. The third kappa shape index (κ3) is 1.64. The molecule has 7 unspecified atom stereocenters. The minimum absolute atomic E-state index is 0.154. The maximum atomic E-state index is 11.4. The highest BCUT2D eigenvalue weighted by atomic mass is 16.4. The monoisotopic (exact) mass is 264 g/mol. The Labute approximate surface area is 117 Å². The van der Waals surface area contributed by atoms with Gasteiger partial charge in [0.15, 0.2) is 0 Å². The SMILES string of the molecule is CC(C)C1CCC2(C)C3CCC(C(C)C(=O)O)C2C13. The first-order valence-electron chi connectivity index (χ1n) is 8.10. The fraction of sp³-hybridized carbons (Fsp3) is 0.941. The molecule has 4 saturated carbocycles. The van der Waals surface area contributed by atoms with Crippen molar-refractivity contribution in [3.05, 3.63) is 0 Å². The molecule has 19 heavy (non-hydrogen) atoms. The Morgan fingerprint density at radius 2 is 1.84 bits per heavy atom. The van der Waals surface area contributed by atoms with Gasteiger partial charge in [-0.1, -0.05) is 27.7 Å². The number of carboxylic acids is 1. The first-order valence-corrected chi connectivity index (χ1v) is 8.10. The molecule has 4 aliphatic rings. The Morgan fingerprint density at radius 3 is 2.42 bits per heavy atom. The normalized spacial score (nSPS) is 49.6. The summed E-state index contributed by atoms with van der Waals surface area (Å²) in [6, 6.07) is 0. The highest BCUT2D eigenvalue weighted by molar-refractivity contribution is 5.70. The second kappa shape index (κ2) is 4.23. The average Bonchev–Trinajstić information content (AvgIpc) is 2.38. The Balaban J connectivity index is 1.88. The van der Waals surface area contributed by atoms with Gasteiger partial charge in [-0.2, -0.15) is 0 Å². The van der Waals surface area contributed by atoms with Gasteiger partial charge in [-0.25, -0.2) is 0 Å². The van der Waals surface area contributed by atoms with Gasteiger partial charge < -0.3 is 5.11 Å². The van der Waals surface area contributed by atoms with E-state index < -0.39 is 5.97 Å². The van der Waals surface area contributed by atoms with Crippen molar-refractivity contribution in [2.24, 2.45) is 46.8 Å². The molecule has 0 heterocycles. The van der Waals surface area contributed by atoms with Gasteiger partial charge in [0.25, 0.3) is 0 Å². The van der Waals surface area contributed by atoms with E-state index in [1.54, 1.807) is 0 Å². The van der Waals surface area contributed by atoms with Crippen molar-refractivity contribution in [3.63, 3.8) is 0 Å². The van der Waals surface area contributed by atoms with Crippen molar-refractivity contribution < 1.29 is 9.90 Å². The van der Waals surface area contributed by atoms with Crippen molar-refractivity contribution in [1.29, 1.82) is 0 Å². The van der Waals surface area contributed by atoms with Crippen LogP contribution >= 0.6 is 0 Å². The summed E-state index contributed by atoms with van der Waals surface area (Å²) in [7, 11) is 0. The smallest absolute Gasteiger partial charge is 0.306 e. The largest absolute Gasteiger partial charge is 0.481 e. The number of aliphatic carboxylic acids is 1. The molecule has 1 N–H and O–H groups in total. The van der Waals surface area contributed by atoms with Crippen LogP contribution in [0.3, 0.4) is 0 Å². The highest BCUT2D eigenvalue weighted by Gasteiger charge is 2.68. The van der Waals surface area contributed by atoms with Gasteiger partial charge in [0, 0.05) is 0 Å². The molecule has 0 aromatic rings. The molecule has 0 saturated heterocycles. The van der Waals surface area contributed by atoms with Gasteiger partial charge in [-0.3, -0.25) is 4.79 Å². The maximum Gasteiger partial charge on any atom is 0.306 e. The quantitative estimate of drug-likeness (QED) is 0.835. The van der Waals surface area contributed by atoms with E-state index in [0.717, 1.165) is 30.1 Å². The van der Waals surface area contributed by atoms with Crippen LogP contribution in [0.2, 0.25) is 0 Å². The van der Waals surface area contributed by atoms with Gasteiger partial charge in [0.1, 0.15) is 0 Å². The molecular formula is C17H28O2. The van der Waals surface area contributed by atoms with Crippen LogP contribution in [0.1, 0.15) is 53.4 Å². The number of hydrogen-bond donors (Lipinski definition) is 1. The maximum absolute atomic E-state index is 11.4. The number of carboxylic acid groups (broad SMARTS) is 1. The van der Waals surface area contributed by atoms with Gasteiger partial charge in [-0.15, -0.1) is 0 Å². The van der Waals surface area contributed by atoms with Crippen LogP contribution in [-0.4, -0.2) is 11.1 Å². The van der Waals surface area contributed by atoms with Gasteiger partial charge in [0.05, 0.1) is 5.92 Å². The number of rotatable bonds is 3. The lowest BCUT2D eigenvalue weighted by Crippen LogP contribution is -2.67. The first-order chi connectivity index (χ1) is 8.88. The first kappa shape index (κ1) is 13.5. The Bertz CT molecular complexity index is 387. The molecule has 0 radical (unpaired) electrons. The summed E-state index contributed by atoms with van der Waals surface area (Å²) in [5, 5.41) is 9.39. The lowest BCUT2D eigenvalue weighted by atomic mass is 9.31. The number of fused-ring (bicyclic) bond motifs is 2. The molecule has 0 spiro atoms. The topological polar surface area (TPSA) is 37.3 Å². The van der Waals surface area contributed by atoms with Crippen LogP contribution in [0.15, 0.2) is 0 Å². The van der Waals surface area contributed by atoms with E-state index in [1.165, 1.54) is 19.3 Å². The molecule has 0 aromatic heterocycles. The minimum Gasteiger partial charge on any atom is -0.481 e. The van der Waals surface area contributed by atoms with Crippen molar-refractivity contribution in [3.8, 4) is 0 Å². The van der Waals surface area contributed by atoms with E-state index in [9.17, 15) is 9.90 Å². The Hall–Kier alpha value is -0.530. The third-order valence-electron chi connectivity index (χ3n) is 7.16. The molecule has 4 bridgehead atoms. The standard InChI is InChI=1S/C17H28O2/c1-9(2)11-7-8-17(4)13-6-5-12(10(3)16(18)19)15(17)14(11)13/h9-15H,5-8H2,1-4H3,(H,18,19). The lowest BCUT2D eigenvalue weighted by molar-refractivity contribution is -0.251. The predicted molar refractivity (Wildman–Crippen MR) is 75.7 cm³/mol. The summed E-state index contributed by atoms with van der Waals surface area (Å²) in [6.45, 7) is 9.11. The van der Waals surface area contributed by atoms with Gasteiger partial charge in [0.2, 0.25) is 0 Å². The van der Waals surface area contributed by atoms with Crippen molar-refractivity contribution in [1.82, 2.24) is 0 Å². The van der Waals surface area contributed by atoms with E-state index >= 15 is 0 Å². The fourth-order valence-corrected chi connectivity index (χ4v) is 6.22. The second-order valence-electron chi connectivity index (χ2n) is 8.03. The van der Waals surface area contributed by atoms with E-state index in [4.69, 9.17) is 0 Å². The zero-order valence-electron chi connectivity index (χ0n) is 12.7. The predicted octanol–water partition coefficient (Wildman–Crippen LogP) is 4.05. The lowest BCUT2D eigenvalue weighted by Gasteiger charge is -2.73. The number of carbonyl (C=O) groups is 1. The van der Waals surface area contributed by atoms with Gasteiger partial charge in [-0.05, 0) is 66.6 Å². The summed E-state index contributed by atoms with van der Waals surface area (Å²) in [5.41, 5.74) is 0.475. The van der Waals surface area contributed by atoms with Crippen LogP contribution in [-0.2, 0) is 4.79 Å². The minimum atomic E-state index is -0.585. The molecule has 0 aliphatic heterocycles. The van der Waals surface area contributed by atoms with Gasteiger partial charge >= 0.3 is 5.97 Å². The summed E-state index contributed by atoms with van der Waals surface area (Å²) in [6.07, 6.45) is 5.15. The molecule has 0 amide bonds. The van der Waals surface area contributed by atoms with Crippen LogP contribution in [0, 0.1) is 46.8 Å². The molecule has 4 rings (SSSR count). The summed E-state index contributed by atoms with van der Waals surface area (Å²) >= 11 is 0. The number of hydrogen-bond acceptors (Lipinski definition) is 1. The Kier molecular flexibility index (Phi) is 3.00. The summed E-state index contributed by atoms with van der Waals surface area (Å²) in [5.74, 6) is 3.73. The summed E-state index contributed by atoms with van der Waals surface area (Å²) < 4.78 is 0. The van der Waals surface area contributed by atoms with Crippen LogP contribution < -0.4 is 0 Å². The van der Waals surface area contributed by atoms with Crippen LogP contribution in [0.4, 0.5) is 0 Å². The highest BCUT2D eigenvalue weighted by Crippen LogP contribution is 2.74. The molecule has 4 fully saturated rings. The zero-order chi connectivity index (χ0) is 13.9. The van der Waals surface area contributed by atoms with Crippen LogP contribution in [0.5, 0.6) is 0 Å². The van der Waals surface area contributed by atoms with E-state index in [-0.39, 0.29) is 5.92 Å². The van der Waals surface area contributed by atoms with Crippen LogP contribution in [0.25, 0.3) is 0 Å². The Morgan fingerprint density at radius 1 is 1.16 bits per heavy atom. The van der Waals surface area contributed by atoms with Crippen molar-refractivity contribution >= 4 is 5.97 Å². The molecule has 4 aliphatic carbocycles. The van der Waals surface area contributed by atoms with E-state index in [0.29, 0.717) is 17.3 Å². The molecule has 0 aromatic carbocycles. The van der Waals surface area contributed by atoms with E-state index in [1.807, 2.05) is 6.92 Å². The fourth-order valence-electron chi connectivity index (χ4n) is 6.22. The molecule has 2 heteroatoms. The average molecular weight is 264 g/mol. The molecular weight excluding hydrogens is 236 g/mol. The van der Waals surface area contributed by atoms with Crippen molar-refractivity contribution in [2.45, 2.75) is 53.4 Å². The summed E-state index contributed by atoms with van der Waals surface area (Å²) in [4.78, 5) is 11.4. The molecule has 2 nitrogen and oxygen atoms in total. The molecule has 7 atom stereocenters. The van der Waals surface area contributed by atoms with Crippen molar-refractivity contribution in [2.75, 3.05) is 0 Å².